The lowest BCUT2D eigenvalue weighted by atomic mass is 9.99. The summed E-state index contributed by atoms with van der Waals surface area (Å²) >= 11 is 0. The Morgan fingerprint density at radius 2 is 1.80 bits per heavy atom. The van der Waals surface area contributed by atoms with E-state index < -0.39 is 17.6 Å². The summed E-state index contributed by atoms with van der Waals surface area (Å²) in [6.45, 7) is 6.97. The van der Waals surface area contributed by atoms with E-state index in [9.17, 15) is 14.7 Å². The zero-order valence-corrected chi connectivity index (χ0v) is 12.4. The number of carboxylic acids is 1. The Balaban J connectivity index is 3.02. The lowest BCUT2D eigenvalue weighted by Crippen LogP contribution is -2.55. The third-order valence-corrected chi connectivity index (χ3v) is 3.48. The van der Waals surface area contributed by atoms with E-state index in [-0.39, 0.29) is 12.5 Å². The van der Waals surface area contributed by atoms with Gasteiger partial charge in [-0.05, 0) is 33.3 Å². The first-order chi connectivity index (χ1) is 9.21. The third-order valence-electron chi connectivity index (χ3n) is 3.48. The van der Waals surface area contributed by atoms with Gasteiger partial charge in [-0.3, -0.25) is 4.79 Å². The number of amides is 1. The van der Waals surface area contributed by atoms with Crippen molar-refractivity contribution < 1.29 is 14.7 Å². The quantitative estimate of drug-likeness (QED) is 0.858. The number of nitrogens with zero attached hydrogens (tertiary/aromatic N) is 1. The van der Waals surface area contributed by atoms with Gasteiger partial charge in [0.15, 0.2) is 0 Å². The number of hydrogen-bond acceptors (Lipinski definition) is 3. The molecule has 1 atom stereocenters. The Kier molecular flexibility index (Phi) is 4.89. The van der Waals surface area contributed by atoms with Gasteiger partial charge in [0.2, 0.25) is 5.91 Å². The lowest BCUT2D eigenvalue weighted by molar-refractivity contribution is -0.157. The molecule has 0 saturated carbocycles. The van der Waals surface area contributed by atoms with Gasteiger partial charge in [-0.25, -0.2) is 4.79 Å². The van der Waals surface area contributed by atoms with Gasteiger partial charge in [0.1, 0.15) is 11.6 Å². The summed E-state index contributed by atoms with van der Waals surface area (Å²) in [6, 6.07) is 6.48. The van der Waals surface area contributed by atoms with Crippen LogP contribution in [0.4, 0.5) is 0 Å². The molecule has 1 unspecified atom stereocenters. The predicted molar refractivity (Wildman–Crippen MR) is 77.2 cm³/mol. The van der Waals surface area contributed by atoms with Crippen LogP contribution in [0.1, 0.15) is 37.9 Å². The van der Waals surface area contributed by atoms with Crippen LogP contribution in [0.2, 0.25) is 0 Å². The minimum Gasteiger partial charge on any atom is -0.480 e. The van der Waals surface area contributed by atoms with E-state index in [2.05, 4.69) is 0 Å². The van der Waals surface area contributed by atoms with Crippen LogP contribution in [0.5, 0.6) is 0 Å². The van der Waals surface area contributed by atoms with Gasteiger partial charge in [0.05, 0.1) is 0 Å². The first-order valence-electron chi connectivity index (χ1n) is 6.58. The summed E-state index contributed by atoms with van der Waals surface area (Å²) in [6.07, 6.45) is 0. The Bertz CT molecular complexity index is 494. The minimum atomic E-state index is -1.28. The molecule has 110 valence electrons. The smallest absolute Gasteiger partial charge is 0.329 e. The Morgan fingerprint density at radius 1 is 1.30 bits per heavy atom. The van der Waals surface area contributed by atoms with E-state index >= 15 is 0 Å². The summed E-state index contributed by atoms with van der Waals surface area (Å²) in [5.41, 5.74) is 6.45. The van der Waals surface area contributed by atoms with Crippen molar-refractivity contribution in [1.82, 2.24) is 4.90 Å². The molecule has 0 aliphatic heterocycles. The van der Waals surface area contributed by atoms with Gasteiger partial charge in [0.25, 0.3) is 0 Å². The summed E-state index contributed by atoms with van der Waals surface area (Å²) < 4.78 is 0. The number of aryl methyl sites for hydroxylation is 1. The van der Waals surface area contributed by atoms with Crippen molar-refractivity contribution in [2.24, 2.45) is 5.73 Å². The van der Waals surface area contributed by atoms with Crippen molar-refractivity contribution >= 4 is 11.9 Å². The number of hydrogen-bond donors (Lipinski definition) is 2. The fourth-order valence-electron chi connectivity index (χ4n) is 2.03. The van der Waals surface area contributed by atoms with Gasteiger partial charge in [0, 0.05) is 6.54 Å². The monoisotopic (exact) mass is 278 g/mol. The maximum Gasteiger partial charge on any atom is 0.329 e. The molecule has 0 spiro atoms. The largest absolute Gasteiger partial charge is 0.480 e. The molecule has 0 bridgehead atoms. The van der Waals surface area contributed by atoms with Crippen molar-refractivity contribution in [3.05, 3.63) is 35.4 Å². The molecule has 5 heteroatoms. The lowest BCUT2D eigenvalue weighted by Gasteiger charge is -2.36. The summed E-state index contributed by atoms with van der Waals surface area (Å²) in [5.74, 6) is -1.44. The number of likely N-dealkylation sites (N-methyl/N-ethyl adjacent to an activating group) is 1. The molecular formula is C15H22N2O3. The third kappa shape index (κ3) is 3.17. The van der Waals surface area contributed by atoms with E-state index in [1.165, 1.54) is 18.7 Å². The highest BCUT2D eigenvalue weighted by Gasteiger charge is 2.38. The van der Waals surface area contributed by atoms with Crippen LogP contribution in [0.3, 0.4) is 0 Å². The first kappa shape index (κ1) is 16.2. The van der Waals surface area contributed by atoms with Gasteiger partial charge >= 0.3 is 5.97 Å². The van der Waals surface area contributed by atoms with Crippen LogP contribution in [0.15, 0.2) is 24.3 Å². The van der Waals surface area contributed by atoms with Gasteiger partial charge in [-0.2, -0.15) is 0 Å². The van der Waals surface area contributed by atoms with Crippen molar-refractivity contribution in [1.29, 1.82) is 0 Å². The summed E-state index contributed by atoms with van der Waals surface area (Å²) in [4.78, 5) is 25.0. The number of nitrogens with two attached hydrogens (primary N) is 1. The van der Waals surface area contributed by atoms with Gasteiger partial charge in [-0.15, -0.1) is 0 Å². The molecule has 1 amide bonds. The zero-order valence-electron chi connectivity index (χ0n) is 12.4. The molecule has 1 rings (SSSR count). The second-order valence-electron chi connectivity index (χ2n) is 5.34. The second-order valence-corrected chi connectivity index (χ2v) is 5.34. The molecule has 5 nitrogen and oxygen atoms in total. The zero-order chi connectivity index (χ0) is 15.5. The van der Waals surface area contributed by atoms with E-state index in [1.54, 1.807) is 19.1 Å². The van der Waals surface area contributed by atoms with Crippen molar-refractivity contribution in [3.8, 4) is 0 Å². The highest BCUT2D eigenvalue weighted by atomic mass is 16.4. The Morgan fingerprint density at radius 3 is 2.20 bits per heavy atom. The molecule has 0 aromatic heterocycles. The number of benzene rings is 1. The van der Waals surface area contributed by atoms with E-state index in [1.807, 2.05) is 19.1 Å². The molecule has 0 saturated heterocycles. The van der Waals surface area contributed by atoms with Gasteiger partial charge in [-0.1, -0.05) is 29.8 Å². The predicted octanol–water partition coefficient (Wildman–Crippen LogP) is 1.71. The molecule has 0 radical (unpaired) electrons. The fraction of sp³-hybridized carbons (Fsp3) is 0.467. The SMILES string of the molecule is CCN(C(=O)C(N)c1ccc(C)cc1)C(C)(C)C(=O)O. The molecule has 0 aliphatic rings. The number of rotatable bonds is 5. The maximum absolute atomic E-state index is 12.4. The van der Waals surface area contributed by atoms with Gasteiger partial charge < -0.3 is 15.7 Å². The standard InChI is InChI=1S/C15H22N2O3/c1-5-17(15(3,4)14(19)20)13(18)12(16)11-8-6-10(2)7-9-11/h6-9,12H,5,16H2,1-4H3,(H,19,20). The molecule has 1 aromatic rings. The highest BCUT2D eigenvalue weighted by Crippen LogP contribution is 2.21. The number of carbonyl (C=O) groups excluding carboxylic acids is 1. The Labute approximate surface area is 119 Å². The van der Waals surface area contributed by atoms with Crippen molar-refractivity contribution in [3.63, 3.8) is 0 Å². The number of carbonyl (C=O) groups is 2. The highest BCUT2D eigenvalue weighted by molar-refractivity contribution is 5.89. The molecule has 0 fully saturated rings. The average Bonchev–Trinajstić information content (AvgIpc) is 2.39. The maximum atomic E-state index is 12.4. The van der Waals surface area contributed by atoms with Crippen LogP contribution in [0.25, 0.3) is 0 Å². The second kappa shape index (κ2) is 6.05. The summed E-state index contributed by atoms with van der Waals surface area (Å²) in [5, 5.41) is 9.25. The van der Waals surface area contributed by atoms with E-state index in [4.69, 9.17) is 5.73 Å². The Hall–Kier alpha value is -1.88. The molecule has 1 aromatic carbocycles. The molecule has 0 heterocycles. The average molecular weight is 278 g/mol. The molecule has 20 heavy (non-hydrogen) atoms. The minimum absolute atomic E-state index is 0.289. The molecule has 3 N–H and O–H groups in total. The van der Waals surface area contributed by atoms with Crippen LogP contribution in [0, 0.1) is 6.92 Å². The normalized spacial score (nSPS) is 12.8. The number of carboxylic acid groups (broad SMARTS) is 1. The fourth-order valence-corrected chi connectivity index (χ4v) is 2.03. The topological polar surface area (TPSA) is 83.6 Å². The van der Waals surface area contributed by atoms with Crippen LogP contribution >= 0.6 is 0 Å². The van der Waals surface area contributed by atoms with Crippen molar-refractivity contribution in [2.75, 3.05) is 6.54 Å². The molecule has 0 aliphatic carbocycles. The van der Waals surface area contributed by atoms with Crippen LogP contribution < -0.4 is 5.73 Å². The van der Waals surface area contributed by atoms with Crippen LogP contribution in [-0.4, -0.2) is 34.0 Å². The van der Waals surface area contributed by atoms with E-state index in [0.717, 1.165) is 5.56 Å². The van der Waals surface area contributed by atoms with Crippen LogP contribution in [-0.2, 0) is 9.59 Å². The van der Waals surface area contributed by atoms with Crippen molar-refractivity contribution in [2.45, 2.75) is 39.3 Å². The first-order valence-corrected chi connectivity index (χ1v) is 6.58. The number of aliphatic carboxylic acids is 1. The summed E-state index contributed by atoms with van der Waals surface area (Å²) in [7, 11) is 0. The van der Waals surface area contributed by atoms with E-state index in [0.29, 0.717) is 5.56 Å². The molecular weight excluding hydrogens is 256 g/mol.